The van der Waals surface area contributed by atoms with Gasteiger partial charge in [-0.25, -0.2) is 0 Å². The number of nitrogens with zero attached hydrogens (tertiary/aromatic N) is 2. The number of ether oxygens (including phenoxy) is 1. The van der Waals surface area contributed by atoms with E-state index in [1.54, 1.807) is 4.90 Å². The van der Waals surface area contributed by atoms with Crippen LogP contribution in [0.2, 0.25) is 0 Å². The van der Waals surface area contributed by atoms with Gasteiger partial charge < -0.3 is 14.5 Å². The van der Waals surface area contributed by atoms with Gasteiger partial charge in [-0.3, -0.25) is 9.59 Å². The van der Waals surface area contributed by atoms with E-state index in [4.69, 9.17) is 4.74 Å². The first-order valence-corrected chi connectivity index (χ1v) is 9.62. The summed E-state index contributed by atoms with van der Waals surface area (Å²) in [5, 5.41) is 0. The van der Waals surface area contributed by atoms with Crippen molar-refractivity contribution in [2.45, 2.75) is 44.8 Å². The predicted molar refractivity (Wildman–Crippen MR) is 96.8 cm³/mol. The largest absolute Gasteiger partial charge is 0.493 e. The molecular weight excluding hydrogens is 373 g/mol. The summed E-state index contributed by atoms with van der Waals surface area (Å²) in [6.07, 6.45) is -2.77. The minimum absolute atomic E-state index is 0.0184. The average molecular weight is 398 g/mol. The maximum absolute atomic E-state index is 12.8. The second-order valence-corrected chi connectivity index (χ2v) is 7.50. The molecule has 3 rings (SSSR count). The van der Waals surface area contributed by atoms with Crippen LogP contribution in [0.15, 0.2) is 24.3 Å². The van der Waals surface area contributed by atoms with Crippen molar-refractivity contribution in [2.75, 3.05) is 26.2 Å². The molecule has 0 spiro atoms. The molecule has 154 valence electrons. The van der Waals surface area contributed by atoms with Crippen LogP contribution in [0.5, 0.6) is 5.75 Å². The number of hydrogen-bond donors (Lipinski definition) is 0. The minimum atomic E-state index is -4.94. The van der Waals surface area contributed by atoms with Crippen molar-refractivity contribution in [1.29, 1.82) is 0 Å². The number of benzene rings is 1. The van der Waals surface area contributed by atoms with Gasteiger partial charge in [0, 0.05) is 19.6 Å². The summed E-state index contributed by atoms with van der Waals surface area (Å²) in [7, 11) is 0. The average Bonchev–Trinajstić information content (AvgIpc) is 3.15. The third-order valence-corrected chi connectivity index (χ3v) is 5.54. The van der Waals surface area contributed by atoms with E-state index in [0.717, 1.165) is 24.2 Å². The van der Waals surface area contributed by atoms with E-state index in [-0.39, 0.29) is 18.9 Å². The maximum atomic E-state index is 12.8. The highest BCUT2D eigenvalue weighted by atomic mass is 19.4. The monoisotopic (exact) mass is 398 g/mol. The number of hydrogen-bond acceptors (Lipinski definition) is 3. The normalized spacial score (nSPS) is 21.1. The molecule has 2 aliphatic heterocycles. The molecule has 2 fully saturated rings. The highest BCUT2D eigenvalue weighted by Crippen LogP contribution is 2.28. The Morgan fingerprint density at radius 1 is 1.11 bits per heavy atom. The number of carbonyl (C=O) groups excluding carboxylic acids is 2. The molecule has 2 heterocycles. The first-order valence-electron chi connectivity index (χ1n) is 9.62. The predicted octanol–water partition coefficient (Wildman–Crippen LogP) is 3.17. The molecular formula is C20H25F3N2O3. The molecule has 2 aliphatic rings. The Hall–Kier alpha value is -2.25. The third-order valence-electron chi connectivity index (χ3n) is 5.54. The highest BCUT2D eigenvalue weighted by molar-refractivity contribution is 5.90. The smallest absolute Gasteiger partial charge is 0.471 e. The topological polar surface area (TPSA) is 49.9 Å². The summed E-state index contributed by atoms with van der Waals surface area (Å²) >= 11 is 0. The number of halogens is 3. The zero-order chi connectivity index (χ0) is 20.3. The van der Waals surface area contributed by atoms with E-state index in [2.05, 4.69) is 0 Å². The minimum Gasteiger partial charge on any atom is -0.493 e. The van der Waals surface area contributed by atoms with Crippen molar-refractivity contribution in [3.05, 3.63) is 29.8 Å². The lowest BCUT2D eigenvalue weighted by Crippen LogP contribution is -2.52. The lowest BCUT2D eigenvalue weighted by molar-refractivity contribution is -0.187. The lowest BCUT2D eigenvalue weighted by atomic mass is 9.97. The molecule has 0 radical (unpaired) electrons. The van der Waals surface area contributed by atoms with Crippen LogP contribution in [0.4, 0.5) is 13.2 Å². The Morgan fingerprint density at radius 2 is 1.79 bits per heavy atom. The van der Waals surface area contributed by atoms with Gasteiger partial charge in [-0.1, -0.05) is 18.2 Å². The number of amides is 2. The summed E-state index contributed by atoms with van der Waals surface area (Å²) in [4.78, 5) is 26.6. The van der Waals surface area contributed by atoms with Gasteiger partial charge in [0.05, 0.1) is 6.61 Å². The van der Waals surface area contributed by atoms with Crippen molar-refractivity contribution in [1.82, 2.24) is 9.80 Å². The van der Waals surface area contributed by atoms with Crippen LogP contribution >= 0.6 is 0 Å². The van der Waals surface area contributed by atoms with E-state index >= 15 is 0 Å². The van der Waals surface area contributed by atoms with Crippen molar-refractivity contribution < 1.29 is 27.5 Å². The van der Waals surface area contributed by atoms with Crippen LogP contribution in [-0.2, 0) is 9.59 Å². The fraction of sp³-hybridized carbons (Fsp3) is 0.600. The molecule has 28 heavy (non-hydrogen) atoms. The van der Waals surface area contributed by atoms with E-state index in [1.165, 1.54) is 0 Å². The van der Waals surface area contributed by atoms with E-state index in [1.807, 2.05) is 31.2 Å². The number of aryl methyl sites for hydroxylation is 1. The number of piperidine rings is 1. The first kappa shape index (κ1) is 20.5. The number of alkyl halides is 3. The summed E-state index contributed by atoms with van der Waals surface area (Å²) in [5.74, 6) is -1.15. The summed E-state index contributed by atoms with van der Waals surface area (Å²) < 4.78 is 44.1. The Kier molecular flexibility index (Phi) is 6.15. The lowest BCUT2D eigenvalue weighted by Gasteiger charge is -2.35. The zero-order valence-electron chi connectivity index (χ0n) is 15.9. The van der Waals surface area contributed by atoms with E-state index in [0.29, 0.717) is 36.9 Å². The molecule has 1 aromatic rings. The van der Waals surface area contributed by atoms with Gasteiger partial charge in [-0.2, -0.15) is 13.2 Å². The molecule has 5 nitrogen and oxygen atoms in total. The zero-order valence-corrected chi connectivity index (χ0v) is 15.9. The van der Waals surface area contributed by atoms with Crippen LogP contribution in [0.1, 0.15) is 31.2 Å². The van der Waals surface area contributed by atoms with Gasteiger partial charge in [0.2, 0.25) is 5.91 Å². The molecule has 0 bridgehead atoms. The Labute approximate surface area is 162 Å². The second kappa shape index (κ2) is 8.41. The molecule has 2 saturated heterocycles. The van der Waals surface area contributed by atoms with Crippen molar-refractivity contribution in [2.24, 2.45) is 5.92 Å². The Morgan fingerprint density at radius 3 is 2.43 bits per heavy atom. The third kappa shape index (κ3) is 4.59. The van der Waals surface area contributed by atoms with Crippen LogP contribution < -0.4 is 4.74 Å². The van der Waals surface area contributed by atoms with Gasteiger partial charge in [-0.05, 0) is 50.2 Å². The summed E-state index contributed by atoms with van der Waals surface area (Å²) in [6.45, 7) is 3.47. The number of para-hydroxylation sites is 1. The van der Waals surface area contributed by atoms with Crippen LogP contribution in [-0.4, -0.2) is 60.1 Å². The van der Waals surface area contributed by atoms with Crippen molar-refractivity contribution in [3.63, 3.8) is 0 Å². The molecule has 2 amide bonds. The number of rotatable bonds is 4. The fourth-order valence-corrected chi connectivity index (χ4v) is 3.89. The molecule has 0 N–H and O–H groups in total. The standard InChI is InChI=1S/C20H25F3N2O3/c1-14-5-2-3-7-17(14)28-13-15-8-11-24(12-9-15)18(26)16-6-4-10-25(16)19(27)20(21,22)23/h2-3,5,7,15-16H,4,6,8-13H2,1H3. The fourth-order valence-electron chi connectivity index (χ4n) is 3.89. The molecule has 1 atom stereocenters. The quantitative estimate of drug-likeness (QED) is 0.783. The highest BCUT2D eigenvalue weighted by Gasteiger charge is 2.48. The maximum Gasteiger partial charge on any atom is 0.471 e. The number of carbonyl (C=O) groups is 2. The summed E-state index contributed by atoms with van der Waals surface area (Å²) in [5.41, 5.74) is 1.06. The van der Waals surface area contributed by atoms with Gasteiger partial charge in [0.1, 0.15) is 11.8 Å². The van der Waals surface area contributed by atoms with Crippen molar-refractivity contribution >= 4 is 11.8 Å². The molecule has 0 aliphatic carbocycles. The van der Waals surface area contributed by atoms with Crippen LogP contribution in [0, 0.1) is 12.8 Å². The molecule has 1 unspecified atom stereocenters. The summed E-state index contributed by atoms with van der Waals surface area (Å²) in [6, 6.07) is 6.77. The molecule has 0 aromatic heterocycles. The van der Waals surface area contributed by atoms with E-state index in [9.17, 15) is 22.8 Å². The SMILES string of the molecule is Cc1ccccc1OCC1CCN(C(=O)C2CCCN2C(=O)C(F)(F)F)CC1. The first-order chi connectivity index (χ1) is 13.3. The Balaban J connectivity index is 1.51. The Bertz CT molecular complexity index is 715. The molecule has 8 heteroatoms. The molecule has 0 saturated carbocycles. The second-order valence-electron chi connectivity index (χ2n) is 7.50. The van der Waals surface area contributed by atoms with Crippen LogP contribution in [0.25, 0.3) is 0 Å². The van der Waals surface area contributed by atoms with Gasteiger partial charge in [0.15, 0.2) is 0 Å². The van der Waals surface area contributed by atoms with Crippen molar-refractivity contribution in [3.8, 4) is 5.75 Å². The van der Waals surface area contributed by atoms with Gasteiger partial charge in [-0.15, -0.1) is 0 Å². The van der Waals surface area contributed by atoms with E-state index < -0.39 is 18.1 Å². The van der Waals surface area contributed by atoms with Gasteiger partial charge in [0.25, 0.3) is 0 Å². The number of likely N-dealkylation sites (tertiary alicyclic amines) is 2. The van der Waals surface area contributed by atoms with Gasteiger partial charge >= 0.3 is 12.1 Å². The van der Waals surface area contributed by atoms with Crippen LogP contribution in [0.3, 0.4) is 0 Å². The molecule has 1 aromatic carbocycles.